The van der Waals surface area contributed by atoms with Crippen LogP contribution in [0.15, 0.2) is 36.8 Å². The first kappa shape index (κ1) is 21.7. The lowest BCUT2D eigenvalue weighted by molar-refractivity contribution is 0.0159. The van der Waals surface area contributed by atoms with Crippen molar-refractivity contribution in [2.24, 2.45) is 0 Å². The number of piperazine rings is 1. The Bertz CT molecular complexity index is 1200. The van der Waals surface area contributed by atoms with Crippen molar-refractivity contribution < 1.29 is 13.9 Å². The first-order valence-electron chi connectivity index (χ1n) is 11.6. The zero-order valence-electron chi connectivity index (χ0n) is 19.6. The fraction of sp³-hybridized carbons (Fsp3) is 0.480. The van der Waals surface area contributed by atoms with Crippen molar-refractivity contribution in [1.29, 1.82) is 0 Å². The normalized spacial score (nSPS) is 19.2. The van der Waals surface area contributed by atoms with E-state index in [0.717, 1.165) is 35.4 Å². The highest BCUT2D eigenvalue weighted by molar-refractivity contribution is 5.93. The Kier molecular flexibility index (Phi) is 5.26. The van der Waals surface area contributed by atoms with Gasteiger partial charge < -0.3 is 19.1 Å². The second-order valence-corrected chi connectivity index (χ2v) is 10.1. The fourth-order valence-corrected chi connectivity index (χ4v) is 4.58. The van der Waals surface area contributed by atoms with Gasteiger partial charge in [-0.05, 0) is 70.2 Å². The number of ether oxygens (including phenoxy) is 1. The lowest BCUT2D eigenvalue weighted by atomic mass is 10.1. The highest BCUT2D eigenvalue weighted by Crippen LogP contribution is 2.46. The molecule has 0 bridgehead atoms. The zero-order chi connectivity index (χ0) is 23.3. The van der Waals surface area contributed by atoms with Crippen LogP contribution < -0.4 is 4.90 Å². The maximum Gasteiger partial charge on any atom is 0.410 e. The van der Waals surface area contributed by atoms with Crippen LogP contribution in [0, 0.1) is 5.82 Å². The van der Waals surface area contributed by atoms with E-state index in [9.17, 15) is 9.18 Å². The van der Waals surface area contributed by atoms with Crippen molar-refractivity contribution in [3.63, 3.8) is 0 Å². The molecule has 1 atom stereocenters. The third-order valence-corrected chi connectivity index (χ3v) is 6.25. The summed E-state index contributed by atoms with van der Waals surface area (Å²) in [5.41, 5.74) is 2.23. The molecule has 1 aliphatic heterocycles. The molecule has 174 valence electrons. The van der Waals surface area contributed by atoms with E-state index in [4.69, 9.17) is 4.74 Å². The Morgan fingerprint density at radius 3 is 2.64 bits per heavy atom. The van der Waals surface area contributed by atoms with E-state index in [1.807, 2.05) is 38.3 Å². The third-order valence-electron chi connectivity index (χ3n) is 6.25. The Morgan fingerprint density at radius 1 is 1.18 bits per heavy atom. The molecule has 2 aliphatic rings. The summed E-state index contributed by atoms with van der Waals surface area (Å²) < 4.78 is 21.5. The van der Waals surface area contributed by atoms with Crippen LogP contribution in [0.4, 0.5) is 15.0 Å². The number of hydrogen-bond donors (Lipinski definition) is 0. The molecule has 1 aliphatic carbocycles. The molecule has 2 fully saturated rings. The molecule has 3 aromatic rings. The number of anilines is 1. The molecule has 1 amide bonds. The summed E-state index contributed by atoms with van der Waals surface area (Å²) in [5, 5.41) is 1.03. The molecule has 0 spiro atoms. The number of rotatable bonds is 3. The molecule has 0 N–H and O–H groups in total. The summed E-state index contributed by atoms with van der Waals surface area (Å²) in [5.74, 6) is 1.09. The van der Waals surface area contributed by atoms with Crippen LogP contribution in [-0.4, -0.2) is 56.8 Å². The van der Waals surface area contributed by atoms with E-state index in [2.05, 4.69) is 21.1 Å². The quantitative estimate of drug-likeness (QED) is 0.568. The summed E-state index contributed by atoms with van der Waals surface area (Å²) in [6, 6.07) is 6.56. The maximum absolute atomic E-state index is 14.0. The average Bonchev–Trinajstić information content (AvgIpc) is 3.52. The molecule has 5 rings (SSSR count). The Morgan fingerprint density at radius 2 is 1.97 bits per heavy atom. The number of carbonyl (C=O) groups excluding carboxylic acids is 1. The second kappa shape index (κ2) is 8.01. The van der Waals surface area contributed by atoms with Crippen LogP contribution in [0.2, 0.25) is 0 Å². The summed E-state index contributed by atoms with van der Waals surface area (Å²) in [6.45, 7) is 9.55. The largest absolute Gasteiger partial charge is 0.444 e. The van der Waals surface area contributed by atoms with Gasteiger partial charge in [0.25, 0.3) is 0 Å². The third kappa shape index (κ3) is 4.26. The molecule has 1 aromatic carbocycles. The van der Waals surface area contributed by atoms with Crippen LogP contribution in [0.25, 0.3) is 16.7 Å². The molecule has 7 nitrogen and oxygen atoms in total. The van der Waals surface area contributed by atoms with Gasteiger partial charge in [-0.1, -0.05) is 6.07 Å². The average molecular weight is 452 g/mol. The Labute approximate surface area is 193 Å². The first-order valence-corrected chi connectivity index (χ1v) is 11.6. The molecule has 1 saturated heterocycles. The van der Waals surface area contributed by atoms with Gasteiger partial charge in [-0.25, -0.2) is 19.2 Å². The van der Waals surface area contributed by atoms with E-state index >= 15 is 0 Å². The van der Waals surface area contributed by atoms with Gasteiger partial charge in [0.05, 0.1) is 5.39 Å². The molecule has 1 saturated carbocycles. The number of fused-ring (bicyclic) bond motifs is 1. The van der Waals surface area contributed by atoms with Crippen molar-refractivity contribution >= 4 is 22.9 Å². The van der Waals surface area contributed by atoms with Crippen molar-refractivity contribution in [3.8, 4) is 5.69 Å². The van der Waals surface area contributed by atoms with E-state index in [1.54, 1.807) is 17.3 Å². The standard InChI is InChI=1S/C25H30FN5O2/c1-16-13-29(10-11-30(16)24(32)33-25(2,3)4)22-21-20(17-8-9-17)14-31(23(21)28-15-27-22)19-7-5-6-18(26)12-19/h5-7,12,14-17H,8-11,13H2,1-4H3. The minimum atomic E-state index is -0.522. The van der Waals surface area contributed by atoms with Gasteiger partial charge in [-0.2, -0.15) is 0 Å². The van der Waals surface area contributed by atoms with E-state index < -0.39 is 5.60 Å². The van der Waals surface area contributed by atoms with E-state index in [0.29, 0.717) is 25.6 Å². The molecule has 33 heavy (non-hydrogen) atoms. The monoisotopic (exact) mass is 451 g/mol. The second-order valence-electron chi connectivity index (χ2n) is 10.1. The van der Waals surface area contributed by atoms with Crippen LogP contribution in [0.1, 0.15) is 52.0 Å². The van der Waals surface area contributed by atoms with Gasteiger partial charge in [-0.3, -0.25) is 0 Å². The number of benzene rings is 1. The molecule has 0 radical (unpaired) electrons. The van der Waals surface area contributed by atoms with Crippen LogP contribution >= 0.6 is 0 Å². The summed E-state index contributed by atoms with van der Waals surface area (Å²) in [6.07, 6.45) is 5.67. The van der Waals surface area contributed by atoms with Crippen LogP contribution in [-0.2, 0) is 4.74 Å². The highest BCUT2D eigenvalue weighted by Gasteiger charge is 2.34. The van der Waals surface area contributed by atoms with Crippen molar-refractivity contribution in [1.82, 2.24) is 19.4 Å². The molecule has 2 aromatic heterocycles. The minimum absolute atomic E-state index is 0.0201. The lowest BCUT2D eigenvalue weighted by Crippen LogP contribution is -2.55. The summed E-state index contributed by atoms with van der Waals surface area (Å²) in [4.78, 5) is 25.9. The van der Waals surface area contributed by atoms with Crippen LogP contribution in [0.3, 0.4) is 0 Å². The number of nitrogens with zero attached hydrogens (tertiary/aromatic N) is 5. The minimum Gasteiger partial charge on any atom is -0.444 e. The summed E-state index contributed by atoms with van der Waals surface area (Å²) in [7, 11) is 0. The maximum atomic E-state index is 14.0. The van der Waals surface area contributed by atoms with Gasteiger partial charge in [-0.15, -0.1) is 0 Å². The molecular weight excluding hydrogens is 421 g/mol. The Hall–Kier alpha value is -3.16. The highest BCUT2D eigenvalue weighted by atomic mass is 19.1. The smallest absolute Gasteiger partial charge is 0.410 e. The van der Waals surface area contributed by atoms with Gasteiger partial charge in [0, 0.05) is 37.6 Å². The van der Waals surface area contributed by atoms with Gasteiger partial charge in [0.1, 0.15) is 29.2 Å². The van der Waals surface area contributed by atoms with Crippen molar-refractivity contribution in [2.75, 3.05) is 24.5 Å². The predicted molar refractivity (Wildman–Crippen MR) is 125 cm³/mol. The zero-order valence-corrected chi connectivity index (χ0v) is 19.6. The number of carbonyl (C=O) groups is 1. The van der Waals surface area contributed by atoms with E-state index in [-0.39, 0.29) is 18.0 Å². The number of hydrogen-bond acceptors (Lipinski definition) is 5. The van der Waals surface area contributed by atoms with Crippen molar-refractivity contribution in [3.05, 3.63) is 48.2 Å². The molecule has 1 unspecified atom stereocenters. The van der Waals surface area contributed by atoms with Gasteiger partial charge in [0.2, 0.25) is 0 Å². The number of amides is 1. The van der Waals surface area contributed by atoms with Crippen molar-refractivity contribution in [2.45, 2.75) is 58.1 Å². The van der Waals surface area contributed by atoms with Gasteiger partial charge >= 0.3 is 6.09 Å². The van der Waals surface area contributed by atoms with E-state index in [1.165, 1.54) is 17.7 Å². The first-order chi connectivity index (χ1) is 15.7. The Balaban J connectivity index is 1.49. The molecule has 3 heterocycles. The lowest BCUT2D eigenvalue weighted by Gasteiger charge is -2.40. The number of aromatic nitrogens is 3. The van der Waals surface area contributed by atoms with Crippen LogP contribution in [0.5, 0.6) is 0 Å². The summed E-state index contributed by atoms with van der Waals surface area (Å²) >= 11 is 0. The SMILES string of the molecule is CC1CN(c2ncnc3c2c(C2CC2)cn3-c2cccc(F)c2)CCN1C(=O)OC(C)(C)C. The molecular formula is C25H30FN5O2. The predicted octanol–water partition coefficient (Wildman–Crippen LogP) is 4.88. The van der Waals surface area contributed by atoms with Gasteiger partial charge in [0.15, 0.2) is 0 Å². The fourth-order valence-electron chi connectivity index (χ4n) is 4.58. The topological polar surface area (TPSA) is 63.5 Å². The molecule has 8 heteroatoms. The number of halogens is 1.